The highest BCUT2D eigenvalue weighted by Gasteiger charge is 2.13. The Labute approximate surface area is 167 Å². The summed E-state index contributed by atoms with van der Waals surface area (Å²) in [5, 5.41) is 5.97. The minimum Gasteiger partial charge on any atom is -0.497 e. The van der Waals surface area contributed by atoms with Crippen LogP contribution in [0, 0.1) is 0 Å². The van der Waals surface area contributed by atoms with Crippen LogP contribution in [-0.2, 0) is 6.42 Å². The van der Waals surface area contributed by atoms with Gasteiger partial charge < -0.3 is 24.8 Å². The van der Waals surface area contributed by atoms with Gasteiger partial charge in [0, 0.05) is 18.3 Å². The van der Waals surface area contributed by atoms with Gasteiger partial charge in [0.1, 0.15) is 17.3 Å². The molecule has 2 aromatic carbocycles. The van der Waals surface area contributed by atoms with Crippen molar-refractivity contribution < 1.29 is 19.0 Å². The average Bonchev–Trinajstić information content (AvgIpc) is 3.22. The minimum atomic E-state index is -0.263. The number of ether oxygens (including phenoxy) is 3. The van der Waals surface area contributed by atoms with E-state index >= 15 is 0 Å². The Morgan fingerprint density at radius 3 is 2.66 bits per heavy atom. The Kier molecular flexibility index (Phi) is 5.42. The molecular formula is C21H20N4O4. The fraction of sp³-hybridized carbons (Fsp3) is 0.190. The van der Waals surface area contributed by atoms with Crippen LogP contribution in [0.15, 0.2) is 54.9 Å². The second-order valence-electron chi connectivity index (χ2n) is 6.33. The van der Waals surface area contributed by atoms with Gasteiger partial charge in [0.2, 0.25) is 6.79 Å². The maximum Gasteiger partial charge on any atom is 0.271 e. The van der Waals surface area contributed by atoms with Gasteiger partial charge in [-0.25, -0.2) is 9.97 Å². The Morgan fingerprint density at radius 2 is 1.90 bits per heavy atom. The number of methoxy groups -OCH3 is 1. The molecule has 0 radical (unpaired) electrons. The van der Waals surface area contributed by atoms with Crippen LogP contribution in [0.2, 0.25) is 0 Å². The number of amides is 1. The number of aromatic nitrogens is 2. The highest BCUT2D eigenvalue weighted by molar-refractivity contribution is 5.92. The number of fused-ring (bicyclic) bond motifs is 1. The molecular weight excluding hydrogens is 372 g/mol. The van der Waals surface area contributed by atoms with E-state index in [0.29, 0.717) is 30.3 Å². The molecule has 2 heterocycles. The molecule has 1 amide bonds. The summed E-state index contributed by atoms with van der Waals surface area (Å²) in [5.41, 5.74) is 2.16. The fourth-order valence-electron chi connectivity index (χ4n) is 2.84. The Balaban J connectivity index is 1.29. The first-order valence-corrected chi connectivity index (χ1v) is 9.11. The molecule has 2 N–H and O–H groups in total. The predicted octanol–water partition coefficient (Wildman–Crippen LogP) is 2.93. The van der Waals surface area contributed by atoms with Gasteiger partial charge in [0.15, 0.2) is 11.5 Å². The molecule has 0 saturated heterocycles. The van der Waals surface area contributed by atoms with Crippen molar-refractivity contribution in [2.75, 3.05) is 25.8 Å². The molecule has 0 spiro atoms. The molecule has 0 saturated carbocycles. The summed E-state index contributed by atoms with van der Waals surface area (Å²) in [6.45, 7) is 0.727. The number of benzene rings is 2. The smallest absolute Gasteiger partial charge is 0.271 e. The van der Waals surface area contributed by atoms with E-state index in [2.05, 4.69) is 20.6 Å². The standard InChI is InChI=1S/C21H20N4O4/c1-27-16-5-2-14(3-6-16)8-9-22-21(26)17-11-24-20(12-23-17)25-15-4-7-18-19(10-15)29-13-28-18/h2-7,10-12H,8-9,13H2,1H3,(H,22,26)(H,24,25). The second kappa shape index (κ2) is 8.47. The topological polar surface area (TPSA) is 94.6 Å². The molecule has 0 fully saturated rings. The number of nitrogens with zero attached hydrogens (tertiary/aromatic N) is 2. The molecule has 148 valence electrons. The molecule has 1 aliphatic rings. The van der Waals surface area contributed by atoms with Crippen molar-refractivity contribution >= 4 is 17.4 Å². The van der Waals surface area contributed by atoms with E-state index in [4.69, 9.17) is 14.2 Å². The number of hydrogen-bond donors (Lipinski definition) is 2. The fourth-order valence-corrected chi connectivity index (χ4v) is 2.84. The van der Waals surface area contributed by atoms with Gasteiger partial charge in [-0.15, -0.1) is 0 Å². The van der Waals surface area contributed by atoms with Gasteiger partial charge in [0.05, 0.1) is 19.5 Å². The zero-order chi connectivity index (χ0) is 20.1. The highest BCUT2D eigenvalue weighted by atomic mass is 16.7. The monoisotopic (exact) mass is 392 g/mol. The molecule has 29 heavy (non-hydrogen) atoms. The quantitative estimate of drug-likeness (QED) is 0.638. The van der Waals surface area contributed by atoms with E-state index in [-0.39, 0.29) is 18.4 Å². The summed E-state index contributed by atoms with van der Waals surface area (Å²) in [4.78, 5) is 20.7. The van der Waals surface area contributed by atoms with Crippen molar-refractivity contribution in [2.24, 2.45) is 0 Å². The number of anilines is 2. The first kappa shape index (κ1) is 18.5. The van der Waals surface area contributed by atoms with E-state index in [1.54, 1.807) is 7.11 Å². The van der Waals surface area contributed by atoms with Crippen molar-refractivity contribution in [3.8, 4) is 17.2 Å². The van der Waals surface area contributed by atoms with E-state index in [1.807, 2.05) is 42.5 Å². The van der Waals surface area contributed by atoms with Crippen LogP contribution in [0.4, 0.5) is 11.5 Å². The Bertz CT molecular complexity index is 991. The first-order chi connectivity index (χ1) is 14.2. The largest absolute Gasteiger partial charge is 0.497 e. The summed E-state index contributed by atoms with van der Waals surface area (Å²) in [6.07, 6.45) is 3.67. The molecule has 1 aliphatic heterocycles. The molecule has 1 aromatic heterocycles. The second-order valence-corrected chi connectivity index (χ2v) is 6.33. The lowest BCUT2D eigenvalue weighted by Gasteiger charge is -2.08. The molecule has 8 heteroatoms. The Morgan fingerprint density at radius 1 is 1.07 bits per heavy atom. The lowest BCUT2D eigenvalue weighted by Crippen LogP contribution is -2.26. The third-order valence-electron chi connectivity index (χ3n) is 4.39. The molecule has 0 atom stereocenters. The lowest BCUT2D eigenvalue weighted by atomic mass is 10.1. The lowest BCUT2D eigenvalue weighted by molar-refractivity contribution is 0.0949. The molecule has 3 aromatic rings. The number of carbonyl (C=O) groups is 1. The van der Waals surface area contributed by atoms with Gasteiger partial charge in [-0.3, -0.25) is 4.79 Å². The molecule has 0 bridgehead atoms. The van der Waals surface area contributed by atoms with Crippen LogP contribution in [0.1, 0.15) is 16.1 Å². The van der Waals surface area contributed by atoms with Crippen LogP contribution >= 0.6 is 0 Å². The molecule has 4 rings (SSSR count). The number of rotatable bonds is 7. The average molecular weight is 392 g/mol. The number of carbonyl (C=O) groups excluding carboxylic acids is 1. The van der Waals surface area contributed by atoms with Crippen LogP contribution in [0.3, 0.4) is 0 Å². The minimum absolute atomic E-state index is 0.223. The zero-order valence-corrected chi connectivity index (χ0v) is 15.8. The summed E-state index contributed by atoms with van der Waals surface area (Å²) < 4.78 is 15.8. The predicted molar refractivity (Wildman–Crippen MR) is 107 cm³/mol. The number of nitrogens with one attached hydrogen (secondary N) is 2. The third-order valence-corrected chi connectivity index (χ3v) is 4.39. The third kappa shape index (κ3) is 4.55. The van der Waals surface area contributed by atoms with Crippen molar-refractivity contribution in [3.63, 3.8) is 0 Å². The van der Waals surface area contributed by atoms with Crippen LogP contribution in [-0.4, -0.2) is 36.3 Å². The number of hydrogen-bond acceptors (Lipinski definition) is 7. The van der Waals surface area contributed by atoms with Gasteiger partial charge in [-0.1, -0.05) is 12.1 Å². The SMILES string of the molecule is COc1ccc(CCNC(=O)c2cnc(Nc3ccc4c(c3)OCO4)cn2)cc1. The molecule has 0 unspecified atom stereocenters. The van der Waals surface area contributed by atoms with Gasteiger partial charge in [-0.2, -0.15) is 0 Å². The maximum absolute atomic E-state index is 12.2. The highest BCUT2D eigenvalue weighted by Crippen LogP contribution is 2.34. The van der Waals surface area contributed by atoms with E-state index in [0.717, 1.165) is 17.0 Å². The summed E-state index contributed by atoms with van der Waals surface area (Å²) >= 11 is 0. The van der Waals surface area contributed by atoms with Crippen molar-refractivity contribution in [3.05, 3.63) is 66.1 Å². The van der Waals surface area contributed by atoms with Crippen molar-refractivity contribution in [1.82, 2.24) is 15.3 Å². The summed E-state index contributed by atoms with van der Waals surface area (Å²) in [6, 6.07) is 13.2. The van der Waals surface area contributed by atoms with Crippen LogP contribution in [0.5, 0.6) is 17.2 Å². The first-order valence-electron chi connectivity index (χ1n) is 9.11. The van der Waals surface area contributed by atoms with E-state index in [1.165, 1.54) is 12.4 Å². The zero-order valence-electron chi connectivity index (χ0n) is 15.8. The van der Waals surface area contributed by atoms with Crippen molar-refractivity contribution in [2.45, 2.75) is 6.42 Å². The molecule has 0 aliphatic carbocycles. The van der Waals surface area contributed by atoms with E-state index in [9.17, 15) is 4.79 Å². The normalized spacial score (nSPS) is 11.8. The van der Waals surface area contributed by atoms with Gasteiger partial charge in [0.25, 0.3) is 5.91 Å². The van der Waals surface area contributed by atoms with Crippen LogP contribution in [0.25, 0.3) is 0 Å². The van der Waals surface area contributed by atoms with E-state index < -0.39 is 0 Å². The van der Waals surface area contributed by atoms with Crippen molar-refractivity contribution in [1.29, 1.82) is 0 Å². The summed E-state index contributed by atoms with van der Waals surface area (Å²) in [5.74, 6) is 2.46. The maximum atomic E-state index is 12.2. The Hall–Kier alpha value is -3.81. The molecule has 8 nitrogen and oxygen atoms in total. The van der Waals surface area contributed by atoms with Crippen LogP contribution < -0.4 is 24.8 Å². The summed E-state index contributed by atoms with van der Waals surface area (Å²) in [7, 11) is 1.63. The van der Waals surface area contributed by atoms with Gasteiger partial charge in [-0.05, 0) is 36.2 Å². The van der Waals surface area contributed by atoms with Gasteiger partial charge >= 0.3 is 0 Å².